The Morgan fingerprint density at radius 2 is 1.94 bits per heavy atom. The average molecular weight is 222 g/mol. The molecule has 0 saturated carbocycles. The molecule has 82 valence electrons. The summed E-state index contributed by atoms with van der Waals surface area (Å²) in [7, 11) is 0. The fourth-order valence-electron chi connectivity index (χ4n) is 1.30. The van der Waals surface area contributed by atoms with E-state index in [1.807, 2.05) is 6.07 Å². The second-order valence-corrected chi connectivity index (χ2v) is 3.17. The maximum absolute atomic E-state index is 12.1. The molecule has 1 heterocycles. The van der Waals surface area contributed by atoms with Gasteiger partial charge in [0, 0.05) is 6.20 Å². The molecule has 0 N–H and O–H groups in total. The molecule has 0 bridgehead atoms. The van der Waals surface area contributed by atoms with Gasteiger partial charge in [-0.3, -0.25) is 4.79 Å². The summed E-state index contributed by atoms with van der Waals surface area (Å²) in [6, 6.07) is 8.96. The van der Waals surface area contributed by atoms with E-state index in [-0.39, 0.29) is 5.56 Å². The highest BCUT2D eigenvalue weighted by Gasteiger charge is 2.19. The van der Waals surface area contributed by atoms with Gasteiger partial charge in [0.2, 0.25) is 5.78 Å². The Morgan fingerprint density at radius 1 is 1.25 bits per heavy atom. The van der Waals surface area contributed by atoms with Crippen molar-refractivity contribution in [3.05, 3.63) is 48.3 Å². The molecule has 0 aliphatic rings. The van der Waals surface area contributed by atoms with Crippen LogP contribution in [0.2, 0.25) is 0 Å². The Hall–Kier alpha value is -2.04. The van der Waals surface area contributed by atoms with Crippen LogP contribution in [0.4, 0.5) is 8.78 Å². The zero-order chi connectivity index (χ0) is 11.5. The van der Waals surface area contributed by atoms with Crippen LogP contribution >= 0.6 is 0 Å². The number of Topliss-reactive ketones (excluding diaryl/α,β-unsaturated/α-hetero) is 1. The molecule has 5 heteroatoms. The number of para-hydroxylation sites is 1. The molecule has 0 atom stereocenters. The maximum atomic E-state index is 12.1. The van der Waals surface area contributed by atoms with Crippen LogP contribution < -0.4 is 0 Å². The summed E-state index contributed by atoms with van der Waals surface area (Å²) < 4.78 is 25.7. The molecule has 0 saturated heterocycles. The summed E-state index contributed by atoms with van der Waals surface area (Å²) in [5.74, 6) is -1.21. The monoisotopic (exact) mass is 222 g/mol. The summed E-state index contributed by atoms with van der Waals surface area (Å²) in [6.45, 7) is 0. The molecule has 0 unspecified atom stereocenters. The van der Waals surface area contributed by atoms with Gasteiger partial charge in [-0.25, -0.2) is 13.5 Å². The third-order valence-electron chi connectivity index (χ3n) is 2.09. The number of aromatic nitrogens is 2. The summed E-state index contributed by atoms with van der Waals surface area (Å²) in [4.78, 5) is 11.0. The number of rotatable bonds is 3. The largest absolute Gasteiger partial charge is 0.300 e. The number of carbonyl (C=O) groups excluding carboxylic acids is 1. The van der Waals surface area contributed by atoms with E-state index in [9.17, 15) is 13.6 Å². The molecule has 0 aliphatic heterocycles. The van der Waals surface area contributed by atoms with Gasteiger partial charge in [-0.15, -0.1) is 0 Å². The molecule has 0 fully saturated rings. The first-order valence-electron chi connectivity index (χ1n) is 4.61. The van der Waals surface area contributed by atoms with Gasteiger partial charge in [-0.05, 0) is 12.1 Å². The van der Waals surface area contributed by atoms with E-state index in [0.29, 0.717) is 0 Å². The van der Waals surface area contributed by atoms with Crippen LogP contribution in [0.25, 0.3) is 5.69 Å². The second-order valence-electron chi connectivity index (χ2n) is 3.17. The third-order valence-corrected chi connectivity index (χ3v) is 2.09. The summed E-state index contributed by atoms with van der Waals surface area (Å²) in [5.41, 5.74) is 0.634. The van der Waals surface area contributed by atoms with Gasteiger partial charge < -0.3 is 0 Å². The molecule has 16 heavy (non-hydrogen) atoms. The van der Waals surface area contributed by atoms with E-state index >= 15 is 0 Å². The number of alkyl halides is 2. The fraction of sp³-hybridized carbons (Fsp3) is 0.0909. The van der Waals surface area contributed by atoms with Gasteiger partial charge >= 0.3 is 6.43 Å². The van der Waals surface area contributed by atoms with Crippen molar-refractivity contribution in [2.45, 2.75) is 6.43 Å². The van der Waals surface area contributed by atoms with Crippen LogP contribution in [0, 0.1) is 0 Å². The van der Waals surface area contributed by atoms with Gasteiger partial charge in [-0.1, -0.05) is 18.2 Å². The lowest BCUT2D eigenvalue weighted by Gasteiger charge is -1.98. The summed E-state index contributed by atoms with van der Waals surface area (Å²) in [6.07, 6.45) is -0.556. The maximum Gasteiger partial charge on any atom is 0.300 e. The fourth-order valence-corrected chi connectivity index (χ4v) is 1.30. The van der Waals surface area contributed by atoms with Gasteiger partial charge in [0.15, 0.2) is 0 Å². The topological polar surface area (TPSA) is 34.9 Å². The molecule has 0 amide bonds. The van der Waals surface area contributed by atoms with Crippen molar-refractivity contribution < 1.29 is 13.6 Å². The first-order chi connectivity index (χ1) is 7.68. The van der Waals surface area contributed by atoms with E-state index in [2.05, 4.69) is 5.10 Å². The third kappa shape index (κ3) is 1.98. The minimum absolute atomic E-state index is 0.0844. The Labute approximate surface area is 90.3 Å². The zero-order valence-electron chi connectivity index (χ0n) is 8.18. The first kappa shape index (κ1) is 10.5. The van der Waals surface area contributed by atoms with Crippen LogP contribution in [0.1, 0.15) is 10.4 Å². The highest BCUT2D eigenvalue weighted by molar-refractivity contribution is 5.98. The van der Waals surface area contributed by atoms with Crippen LogP contribution in [-0.2, 0) is 0 Å². The minimum atomic E-state index is -2.99. The molecular formula is C11H8F2N2O. The molecule has 2 rings (SSSR count). The van der Waals surface area contributed by atoms with E-state index in [1.165, 1.54) is 10.9 Å². The molecular weight excluding hydrogens is 214 g/mol. The summed E-state index contributed by atoms with van der Waals surface area (Å²) >= 11 is 0. The quantitative estimate of drug-likeness (QED) is 0.747. The normalized spacial score (nSPS) is 10.7. The molecule has 1 aromatic carbocycles. The van der Waals surface area contributed by atoms with Crippen LogP contribution in [0.5, 0.6) is 0 Å². The zero-order valence-corrected chi connectivity index (χ0v) is 8.18. The van der Waals surface area contributed by atoms with Crippen LogP contribution in [0.3, 0.4) is 0 Å². The van der Waals surface area contributed by atoms with Crippen molar-refractivity contribution in [3.63, 3.8) is 0 Å². The Bertz CT molecular complexity index is 494. The van der Waals surface area contributed by atoms with Crippen LogP contribution in [-0.4, -0.2) is 22.0 Å². The standard InChI is InChI=1S/C11H8F2N2O/c12-11(13)10(16)8-6-14-15(7-8)9-4-2-1-3-5-9/h1-7,11H. The van der Waals surface area contributed by atoms with Crippen molar-refractivity contribution in [2.24, 2.45) is 0 Å². The lowest BCUT2D eigenvalue weighted by atomic mass is 10.2. The van der Waals surface area contributed by atoms with Gasteiger partial charge in [-0.2, -0.15) is 5.10 Å². The van der Waals surface area contributed by atoms with Gasteiger partial charge in [0.25, 0.3) is 0 Å². The van der Waals surface area contributed by atoms with E-state index < -0.39 is 12.2 Å². The lowest BCUT2D eigenvalue weighted by molar-refractivity contribution is 0.0678. The van der Waals surface area contributed by atoms with E-state index in [0.717, 1.165) is 11.9 Å². The number of hydrogen-bond acceptors (Lipinski definition) is 2. The second kappa shape index (κ2) is 4.22. The van der Waals surface area contributed by atoms with E-state index in [4.69, 9.17) is 0 Å². The molecule has 3 nitrogen and oxygen atoms in total. The van der Waals surface area contributed by atoms with Crippen molar-refractivity contribution in [2.75, 3.05) is 0 Å². The Morgan fingerprint density at radius 3 is 2.56 bits per heavy atom. The SMILES string of the molecule is O=C(c1cnn(-c2ccccc2)c1)C(F)F. The number of hydrogen-bond donors (Lipinski definition) is 0. The Balaban J connectivity index is 2.30. The number of ketones is 1. The van der Waals surface area contributed by atoms with Crippen molar-refractivity contribution >= 4 is 5.78 Å². The highest BCUT2D eigenvalue weighted by Crippen LogP contribution is 2.10. The molecule has 1 aromatic heterocycles. The summed E-state index contributed by atoms with van der Waals surface area (Å²) in [5, 5.41) is 3.85. The van der Waals surface area contributed by atoms with Crippen molar-refractivity contribution in [1.82, 2.24) is 9.78 Å². The van der Waals surface area contributed by atoms with E-state index in [1.54, 1.807) is 24.3 Å². The molecule has 0 aliphatic carbocycles. The van der Waals surface area contributed by atoms with Gasteiger partial charge in [0.05, 0.1) is 17.4 Å². The number of nitrogens with zero attached hydrogens (tertiary/aromatic N) is 2. The smallest absolute Gasteiger partial charge is 0.288 e. The van der Waals surface area contributed by atoms with Crippen molar-refractivity contribution in [1.29, 1.82) is 0 Å². The minimum Gasteiger partial charge on any atom is -0.288 e. The predicted octanol–water partition coefficient (Wildman–Crippen LogP) is 2.32. The highest BCUT2D eigenvalue weighted by atomic mass is 19.3. The first-order valence-corrected chi connectivity index (χ1v) is 4.61. The van der Waals surface area contributed by atoms with Gasteiger partial charge in [0.1, 0.15) is 0 Å². The van der Waals surface area contributed by atoms with Crippen LogP contribution in [0.15, 0.2) is 42.7 Å². The predicted molar refractivity (Wildman–Crippen MR) is 53.9 cm³/mol. The number of carbonyl (C=O) groups is 1. The average Bonchev–Trinajstić information content (AvgIpc) is 2.78. The molecule has 0 radical (unpaired) electrons. The number of halogens is 2. The molecule has 2 aromatic rings. The number of benzene rings is 1. The Kier molecular flexibility index (Phi) is 2.76. The lowest BCUT2D eigenvalue weighted by Crippen LogP contribution is -2.08. The van der Waals surface area contributed by atoms with Crippen molar-refractivity contribution in [3.8, 4) is 5.69 Å². The molecule has 0 spiro atoms.